The number of benzene rings is 2. The van der Waals surface area contributed by atoms with Gasteiger partial charge in [0.1, 0.15) is 5.69 Å². The van der Waals surface area contributed by atoms with Crippen LogP contribution >= 0.6 is 11.6 Å². The molecule has 0 aromatic heterocycles. The lowest BCUT2D eigenvalue weighted by Gasteiger charge is -2.14. The lowest BCUT2D eigenvalue weighted by atomic mass is 10.0. The maximum absolute atomic E-state index is 10.5. The van der Waals surface area contributed by atoms with Crippen molar-refractivity contribution in [2.45, 2.75) is 13.3 Å². The Labute approximate surface area is 122 Å². The second-order valence-corrected chi connectivity index (χ2v) is 5.11. The smallest absolute Gasteiger partial charge is 0.126 e. The van der Waals surface area contributed by atoms with E-state index in [-0.39, 0.29) is 5.69 Å². The van der Waals surface area contributed by atoms with Gasteiger partial charge in [0, 0.05) is 7.05 Å². The largest absolute Gasteiger partial charge is 0.289 e. The summed E-state index contributed by atoms with van der Waals surface area (Å²) in [6.45, 7) is 1.94. The van der Waals surface area contributed by atoms with E-state index in [2.05, 4.69) is 5.18 Å². The summed E-state index contributed by atoms with van der Waals surface area (Å²) in [6.07, 6.45) is 0.703. The summed E-state index contributed by atoms with van der Waals surface area (Å²) in [5.74, 6) is 0. The third-order valence-electron chi connectivity index (χ3n) is 3.13. The molecular formula is C15H15ClN2O2. The highest BCUT2D eigenvalue weighted by Gasteiger charge is 2.06. The third kappa shape index (κ3) is 3.15. The zero-order chi connectivity index (χ0) is 14.7. The molecule has 20 heavy (non-hydrogen) atoms. The van der Waals surface area contributed by atoms with Crippen molar-refractivity contribution < 1.29 is 5.21 Å². The van der Waals surface area contributed by atoms with Crippen molar-refractivity contribution in [3.05, 3.63) is 63.0 Å². The number of nitrogens with zero attached hydrogens (tertiary/aromatic N) is 2. The zero-order valence-corrected chi connectivity index (χ0v) is 12.1. The topological polar surface area (TPSA) is 52.9 Å². The first kappa shape index (κ1) is 14.5. The van der Waals surface area contributed by atoms with Crippen LogP contribution in [0.3, 0.4) is 0 Å². The Hall–Kier alpha value is -1.91. The standard InChI is InChI=1S/C15H15ClN2O2/c1-10-7-11(4-6-15(10)18(2)20)8-12-3-5-14(17-19)13(16)9-12/h3-7,9,20H,8H2,1-2H3. The van der Waals surface area contributed by atoms with Gasteiger partial charge < -0.3 is 0 Å². The maximum Gasteiger partial charge on any atom is 0.126 e. The molecule has 0 spiro atoms. The molecule has 2 rings (SSSR count). The van der Waals surface area contributed by atoms with Gasteiger partial charge in [-0.2, -0.15) is 0 Å². The number of nitroso groups, excluding NO2 is 1. The quantitative estimate of drug-likeness (QED) is 0.668. The van der Waals surface area contributed by atoms with Crippen molar-refractivity contribution in [1.29, 1.82) is 0 Å². The summed E-state index contributed by atoms with van der Waals surface area (Å²) in [7, 11) is 1.59. The van der Waals surface area contributed by atoms with Crippen LogP contribution in [0.4, 0.5) is 11.4 Å². The van der Waals surface area contributed by atoms with Gasteiger partial charge in [0.05, 0.1) is 10.7 Å². The minimum absolute atomic E-state index is 0.254. The van der Waals surface area contributed by atoms with Gasteiger partial charge in [0.25, 0.3) is 0 Å². The Balaban J connectivity index is 2.24. The molecule has 0 amide bonds. The minimum atomic E-state index is 0.254. The molecule has 0 radical (unpaired) electrons. The van der Waals surface area contributed by atoms with E-state index in [9.17, 15) is 10.1 Å². The monoisotopic (exact) mass is 290 g/mol. The molecule has 0 bridgehead atoms. The average molecular weight is 291 g/mol. The Morgan fingerprint density at radius 2 is 1.85 bits per heavy atom. The number of halogens is 1. The lowest BCUT2D eigenvalue weighted by Crippen LogP contribution is -2.11. The summed E-state index contributed by atoms with van der Waals surface area (Å²) in [4.78, 5) is 10.5. The summed E-state index contributed by atoms with van der Waals surface area (Å²) in [6, 6.07) is 11.0. The Morgan fingerprint density at radius 3 is 2.40 bits per heavy atom. The Bertz CT molecular complexity index is 642. The summed E-state index contributed by atoms with van der Waals surface area (Å²) >= 11 is 5.96. The van der Waals surface area contributed by atoms with Crippen LogP contribution in [0.15, 0.2) is 41.6 Å². The van der Waals surface area contributed by atoms with E-state index in [0.717, 1.165) is 27.4 Å². The van der Waals surface area contributed by atoms with Gasteiger partial charge in [-0.15, -0.1) is 4.91 Å². The van der Waals surface area contributed by atoms with E-state index in [4.69, 9.17) is 11.6 Å². The first-order valence-electron chi connectivity index (χ1n) is 6.15. The number of aryl methyl sites for hydroxylation is 1. The molecule has 5 heteroatoms. The van der Waals surface area contributed by atoms with Crippen molar-refractivity contribution in [3.8, 4) is 0 Å². The number of rotatable bonds is 4. The van der Waals surface area contributed by atoms with Crippen LogP contribution in [0.5, 0.6) is 0 Å². The number of hydroxylamine groups is 1. The van der Waals surface area contributed by atoms with E-state index < -0.39 is 0 Å². The SMILES string of the molecule is Cc1cc(Cc2ccc(N=O)c(Cl)c2)ccc1N(C)O. The Kier molecular flexibility index (Phi) is 4.37. The molecule has 0 aliphatic heterocycles. The molecule has 0 saturated carbocycles. The van der Waals surface area contributed by atoms with Crippen LogP contribution in [0.25, 0.3) is 0 Å². The molecule has 4 nitrogen and oxygen atoms in total. The minimum Gasteiger partial charge on any atom is -0.289 e. The normalized spacial score (nSPS) is 10.4. The molecule has 1 N–H and O–H groups in total. The Morgan fingerprint density at radius 1 is 1.20 bits per heavy atom. The van der Waals surface area contributed by atoms with Gasteiger partial charge in [-0.1, -0.05) is 29.8 Å². The fourth-order valence-electron chi connectivity index (χ4n) is 2.16. The second kappa shape index (κ2) is 6.03. The number of hydrogen-bond donors (Lipinski definition) is 1. The van der Waals surface area contributed by atoms with Crippen LogP contribution < -0.4 is 5.06 Å². The highest BCUT2D eigenvalue weighted by atomic mass is 35.5. The molecule has 2 aromatic rings. The predicted molar refractivity (Wildman–Crippen MR) is 81.1 cm³/mol. The molecular weight excluding hydrogens is 276 g/mol. The second-order valence-electron chi connectivity index (χ2n) is 4.70. The van der Waals surface area contributed by atoms with E-state index in [1.54, 1.807) is 19.2 Å². The van der Waals surface area contributed by atoms with Crippen molar-refractivity contribution >= 4 is 23.0 Å². The predicted octanol–water partition coefficient (Wildman–Crippen LogP) is 4.46. The zero-order valence-electron chi connectivity index (χ0n) is 11.3. The molecule has 0 saturated heterocycles. The summed E-state index contributed by atoms with van der Waals surface area (Å²) < 4.78 is 0. The highest BCUT2D eigenvalue weighted by molar-refractivity contribution is 6.33. The van der Waals surface area contributed by atoms with Gasteiger partial charge in [-0.3, -0.25) is 10.3 Å². The lowest BCUT2D eigenvalue weighted by molar-refractivity contribution is 0.279. The highest BCUT2D eigenvalue weighted by Crippen LogP contribution is 2.27. The third-order valence-corrected chi connectivity index (χ3v) is 3.43. The van der Waals surface area contributed by atoms with E-state index >= 15 is 0 Å². The van der Waals surface area contributed by atoms with E-state index in [1.807, 2.05) is 31.2 Å². The molecule has 104 valence electrons. The van der Waals surface area contributed by atoms with Gasteiger partial charge in [0.15, 0.2) is 0 Å². The van der Waals surface area contributed by atoms with Gasteiger partial charge in [0.2, 0.25) is 0 Å². The van der Waals surface area contributed by atoms with Crippen molar-refractivity contribution in [2.24, 2.45) is 5.18 Å². The van der Waals surface area contributed by atoms with Gasteiger partial charge in [-0.25, -0.2) is 0 Å². The first-order valence-corrected chi connectivity index (χ1v) is 6.53. The van der Waals surface area contributed by atoms with Crippen molar-refractivity contribution in [3.63, 3.8) is 0 Å². The fourth-order valence-corrected chi connectivity index (χ4v) is 2.40. The van der Waals surface area contributed by atoms with Crippen molar-refractivity contribution in [2.75, 3.05) is 12.1 Å². The molecule has 0 aliphatic carbocycles. The number of hydrogen-bond acceptors (Lipinski definition) is 4. The average Bonchev–Trinajstić information content (AvgIpc) is 2.38. The van der Waals surface area contributed by atoms with Crippen molar-refractivity contribution in [1.82, 2.24) is 0 Å². The maximum atomic E-state index is 10.5. The summed E-state index contributed by atoms with van der Waals surface area (Å²) in [5, 5.41) is 13.8. The molecule has 0 unspecified atom stereocenters. The molecule has 0 atom stereocenters. The van der Waals surface area contributed by atoms with Gasteiger partial charge >= 0.3 is 0 Å². The molecule has 0 fully saturated rings. The van der Waals surface area contributed by atoms with E-state index in [1.165, 1.54) is 0 Å². The molecule has 0 aliphatic rings. The first-order chi connectivity index (χ1) is 9.51. The van der Waals surface area contributed by atoms with Gasteiger partial charge in [-0.05, 0) is 53.4 Å². The van der Waals surface area contributed by atoms with Crippen LogP contribution in [0.2, 0.25) is 5.02 Å². The molecule has 0 heterocycles. The molecule has 2 aromatic carbocycles. The van der Waals surface area contributed by atoms with Crippen LogP contribution in [0.1, 0.15) is 16.7 Å². The summed E-state index contributed by atoms with van der Waals surface area (Å²) in [5.41, 5.74) is 4.13. The van der Waals surface area contributed by atoms with E-state index in [0.29, 0.717) is 11.4 Å². The fraction of sp³-hybridized carbons (Fsp3) is 0.200. The van der Waals surface area contributed by atoms with Crippen LogP contribution in [-0.4, -0.2) is 12.3 Å². The van der Waals surface area contributed by atoms with Crippen LogP contribution in [-0.2, 0) is 6.42 Å². The van der Waals surface area contributed by atoms with Crippen LogP contribution in [0, 0.1) is 11.8 Å². The number of anilines is 1.